The molecule has 1 aromatic heterocycles. The van der Waals surface area contributed by atoms with Crippen LogP contribution in [-0.2, 0) is 4.79 Å². The molecular formula is C25H30N4O2S. The molecule has 168 valence electrons. The minimum atomic E-state index is 0.0187. The zero-order valence-electron chi connectivity index (χ0n) is 19.4. The summed E-state index contributed by atoms with van der Waals surface area (Å²) in [5.41, 5.74) is 3.84. The van der Waals surface area contributed by atoms with Crippen molar-refractivity contribution in [3.63, 3.8) is 0 Å². The van der Waals surface area contributed by atoms with E-state index in [0.29, 0.717) is 10.9 Å². The molecule has 2 rings (SSSR count). The molecule has 0 spiro atoms. The average Bonchev–Trinajstić information content (AvgIpc) is 2.73. The van der Waals surface area contributed by atoms with Crippen molar-refractivity contribution in [1.82, 2.24) is 14.9 Å². The molecule has 2 aromatic rings. The highest BCUT2D eigenvalue weighted by atomic mass is 32.2. The second-order valence-electron chi connectivity index (χ2n) is 7.43. The van der Waals surface area contributed by atoms with Crippen LogP contribution in [0.15, 0.2) is 59.4 Å². The Balaban J connectivity index is 2.20. The summed E-state index contributed by atoms with van der Waals surface area (Å²) in [6, 6.07) is 7.45. The van der Waals surface area contributed by atoms with E-state index in [1.165, 1.54) is 11.8 Å². The molecule has 0 bridgehead atoms. The van der Waals surface area contributed by atoms with Gasteiger partial charge in [-0.2, -0.15) is 0 Å². The van der Waals surface area contributed by atoms with Gasteiger partial charge in [0, 0.05) is 35.1 Å². The van der Waals surface area contributed by atoms with E-state index in [9.17, 15) is 9.90 Å². The lowest BCUT2D eigenvalue weighted by Crippen LogP contribution is -2.16. The van der Waals surface area contributed by atoms with Crippen LogP contribution in [0.5, 0.6) is 5.75 Å². The highest BCUT2D eigenvalue weighted by Crippen LogP contribution is 2.27. The Kier molecular flexibility index (Phi) is 9.28. The summed E-state index contributed by atoms with van der Waals surface area (Å²) in [4.78, 5) is 24.3. The van der Waals surface area contributed by atoms with Gasteiger partial charge in [-0.05, 0) is 48.2 Å². The van der Waals surface area contributed by atoms with Crippen molar-refractivity contribution in [2.45, 2.75) is 12.1 Å². The molecule has 0 saturated carbocycles. The first-order chi connectivity index (χ1) is 15.2. The van der Waals surface area contributed by atoms with E-state index in [0.717, 1.165) is 22.6 Å². The fourth-order valence-electron chi connectivity index (χ4n) is 2.87. The molecule has 32 heavy (non-hydrogen) atoms. The van der Waals surface area contributed by atoms with Crippen LogP contribution in [0.1, 0.15) is 23.9 Å². The zero-order valence-corrected chi connectivity index (χ0v) is 20.2. The number of benzene rings is 1. The van der Waals surface area contributed by atoms with Gasteiger partial charge in [0.15, 0.2) is 10.9 Å². The monoisotopic (exact) mass is 450 g/mol. The molecule has 0 atom stereocenters. The quantitative estimate of drug-likeness (QED) is 0.256. The molecule has 0 saturated heterocycles. The molecule has 0 aliphatic heterocycles. The Morgan fingerprint density at radius 1 is 0.969 bits per heavy atom. The first kappa shape index (κ1) is 24.9. The summed E-state index contributed by atoms with van der Waals surface area (Å²) in [6.45, 7) is 1.55. The minimum Gasteiger partial charge on any atom is -0.506 e. The molecule has 0 amide bonds. The maximum Gasteiger partial charge on any atom is 0.188 e. The summed E-state index contributed by atoms with van der Waals surface area (Å²) < 4.78 is 0. The van der Waals surface area contributed by atoms with Crippen molar-refractivity contribution in [2.75, 3.05) is 39.3 Å². The number of thioether (sulfide) groups is 1. The number of aromatic nitrogens is 2. The van der Waals surface area contributed by atoms with Crippen molar-refractivity contribution < 1.29 is 9.90 Å². The molecule has 1 heterocycles. The molecule has 0 radical (unpaired) electrons. The number of likely N-dealkylation sites (N-methyl/N-ethyl adjacent to an activating group) is 1. The van der Waals surface area contributed by atoms with Gasteiger partial charge in [-0.1, -0.05) is 42.1 Å². The van der Waals surface area contributed by atoms with Gasteiger partial charge in [0.25, 0.3) is 0 Å². The Morgan fingerprint density at radius 2 is 1.66 bits per heavy atom. The Bertz CT molecular complexity index is 1070. The average molecular weight is 451 g/mol. The fourth-order valence-corrected chi connectivity index (χ4v) is 3.27. The number of rotatable bonds is 9. The van der Waals surface area contributed by atoms with Crippen LogP contribution < -0.4 is 4.90 Å². The smallest absolute Gasteiger partial charge is 0.188 e. The van der Waals surface area contributed by atoms with Crippen LogP contribution in [0.3, 0.4) is 0 Å². The Morgan fingerprint density at radius 3 is 2.22 bits per heavy atom. The van der Waals surface area contributed by atoms with Crippen LogP contribution >= 0.6 is 11.8 Å². The maximum absolute atomic E-state index is 11.6. The third kappa shape index (κ3) is 7.42. The van der Waals surface area contributed by atoms with E-state index in [1.807, 2.05) is 94.0 Å². The Hall–Kier alpha value is -3.32. The van der Waals surface area contributed by atoms with E-state index in [-0.39, 0.29) is 11.5 Å². The maximum atomic E-state index is 11.6. The highest BCUT2D eigenvalue weighted by Gasteiger charge is 2.04. The highest BCUT2D eigenvalue weighted by molar-refractivity contribution is 7.98. The first-order valence-corrected chi connectivity index (χ1v) is 11.3. The number of allylic oxidation sites excluding steroid dienone is 5. The molecule has 0 aliphatic carbocycles. The molecule has 0 aliphatic rings. The van der Waals surface area contributed by atoms with Crippen LogP contribution in [0.25, 0.3) is 18.2 Å². The number of hydrogen-bond donors (Lipinski definition) is 1. The van der Waals surface area contributed by atoms with Crippen molar-refractivity contribution in [3.05, 3.63) is 71.2 Å². The van der Waals surface area contributed by atoms with Gasteiger partial charge in [0.1, 0.15) is 5.75 Å². The summed E-state index contributed by atoms with van der Waals surface area (Å²) in [7, 11) is 7.46. The number of hydrogen-bond acceptors (Lipinski definition) is 7. The van der Waals surface area contributed by atoms with Gasteiger partial charge in [-0.15, -0.1) is 0 Å². The fraction of sp³-hybridized carbons (Fsp3) is 0.240. The van der Waals surface area contributed by atoms with Gasteiger partial charge < -0.3 is 14.9 Å². The van der Waals surface area contributed by atoms with Crippen molar-refractivity contribution >= 4 is 41.5 Å². The van der Waals surface area contributed by atoms with E-state index in [4.69, 9.17) is 0 Å². The number of phenols is 1. The molecule has 6 nitrogen and oxygen atoms in total. The number of Topliss-reactive ketones (excluding diaryl/α,β-unsaturated/α-hetero) is 1. The Labute approximate surface area is 194 Å². The predicted molar refractivity (Wildman–Crippen MR) is 136 cm³/mol. The van der Waals surface area contributed by atoms with Crippen molar-refractivity contribution in [2.24, 2.45) is 0 Å². The largest absolute Gasteiger partial charge is 0.506 e. The van der Waals surface area contributed by atoms with Crippen LogP contribution in [-0.4, -0.2) is 60.2 Å². The van der Waals surface area contributed by atoms with Gasteiger partial charge in [-0.3, -0.25) is 4.79 Å². The summed E-state index contributed by atoms with van der Waals surface area (Å²) in [5, 5.41) is 10.8. The second-order valence-corrected chi connectivity index (χ2v) is 8.20. The van der Waals surface area contributed by atoms with Crippen LogP contribution in [0.4, 0.5) is 5.69 Å². The van der Waals surface area contributed by atoms with Gasteiger partial charge in [-0.25, -0.2) is 9.97 Å². The zero-order chi connectivity index (χ0) is 23.7. The predicted octanol–water partition coefficient (Wildman–Crippen LogP) is 4.74. The number of carbonyl (C=O) groups excluding carboxylic acids is 1. The standard InChI is InChI=1S/C25H30N4O2S/c1-18(30)22(28(2)3)11-9-7-8-10-20-17-21(27-25(26-20)32-6)14-12-19-13-15-23(29(4)5)24(31)16-19/h7-17,31H,1-6H3/b9-7+,10-8+,14-12+,22-11+. The van der Waals surface area contributed by atoms with Crippen LogP contribution in [0.2, 0.25) is 0 Å². The number of ketones is 1. The molecule has 0 unspecified atom stereocenters. The minimum absolute atomic E-state index is 0.0187. The number of carbonyl (C=O) groups is 1. The second kappa shape index (κ2) is 11.9. The number of aromatic hydroxyl groups is 1. The third-order valence-corrected chi connectivity index (χ3v) is 4.99. The number of nitrogens with zero attached hydrogens (tertiary/aromatic N) is 4. The van der Waals surface area contributed by atoms with E-state index >= 15 is 0 Å². The molecule has 1 aromatic carbocycles. The molecule has 1 N–H and O–H groups in total. The number of phenolic OH excluding ortho intramolecular Hbond substituents is 1. The lowest BCUT2D eigenvalue weighted by Gasteiger charge is -2.14. The van der Waals surface area contributed by atoms with Gasteiger partial charge in [0.05, 0.1) is 22.8 Å². The van der Waals surface area contributed by atoms with Gasteiger partial charge >= 0.3 is 0 Å². The van der Waals surface area contributed by atoms with E-state index in [1.54, 1.807) is 24.0 Å². The first-order valence-electron chi connectivity index (χ1n) is 10.1. The summed E-state index contributed by atoms with van der Waals surface area (Å²) in [6.07, 6.45) is 15.0. The van der Waals surface area contributed by atoms with Crippen molar-refractivity contribution in [1.29, 1.82) is 0 Å². The molecule has 7 heteroatoms. The topological polar surface area (TPSA) is 69.6 Å². The third-order valence-electron chi connectivity index (χ3n) is 4.44. The molecule has 0 fully saturated rings. The van der Waals surface area contributed by atoms with E-state index in [2.05, 4.69) is 9.97 Å². The van der Waals surface area contributed by atoms with Crippen LogP contribution in [0, 0.1) is 0 Å². The van der Waals surface area contributed by atoms with Crippen molar-refractivity contribution in [3.8, 4) is 5.75 Å². The SMILES string of the molecule is CSc1nc(/C=C/C=C/C=C(\C(C)=O)N(C)C)cc(/C=C/c2ccc(N(C)C)c(O)c2)n1. The summed E-state index contributed by atoms with van der Waals surface area (Å²) in [5.74, 6) is 0.251. The normalized spacial score (nSPS) is 12.2. The van der Waals surface area contributed by atoms with Gasteiger partial charge in [0.2, 0.25) is 0 Å². The lowest BCUT2D eigenvalue weighted by atomic mass is 10.1. The lowest BCUT2D eigenvalue weighted by molar-refractivity contribution is -0.114. The summed E-state index contributed by atoms with van der Waals surface area (Å²) >= 11 is 1.47. The number of anilines is 1. The molecular weight excluding hydrogens is 420 g/mol. The van der Waals surface area contributed by atoms with E-state index < -0.39 is 0 Å².